The minimum atomic E-state index is -0.410. The Hall–Kier alpha value is -1.79. The van der Waals surface area contributed by atoms with Crippen LogP contribution in [0.15, 0.2) is 29.8 Å². The van der Waals surface area contributed by atoms with Gasteiger partial charge in [-0.15, -0.1) is 11.6 Å². The molecular weight excluding hydrogens is 238 g/mol. The molecule has 0 aliphatic carbocycles. The second kappa shape index (κ2) is 6.72. The number of carbonyl (C=O) groups excluding carboxylic acids is 1. The Kier molecular flexibility index (Phi) is 5.25. The quantitative estimate of drug-likeness (QED) is 0.468. The van der Waals surface area contributed by atoms with E-state index in [2.05, 4.69) is 0 Å². The molecule has 0 spiro atoms. The standard InChI is InChI=1S/C13H12ClNO2/c1-2-17-13(16)12(8-14)7-10-3-5-11(9-15)6-4-10/h3-7H,2,8H2,1H3/b12-7+. The summed E-state index contributed by atoms with van der Waals surface area (Å²) in [5.41, 5.74) is 1.79. The minimum Gasteiger partial charge on any atom is -0.463 e. The first-order chi connectivity index (χ1) is 8.21. The molecule has 0 aliphatic heterocycles. The Balaban J connectivity index is 2.90. The molecule has 0 amide bonds. The highest BCUT2D eigenvalue weighted by Crippen LogP contribution is 2.11. The summed E-state index contributed by atoms with van der Waals surface area (Å²) in [6.45, 7) is 2.06. The van der Waals surface area contributed by atoms with E-state index in [0.29, 0.717) is 17.7 Å². The molecular formula is C13H12ClNO2. The molecule has 0 heterocycles. The third kappa shape index (κ3) is 3.93. The number of carbonyl (C=O) groups is 1. The van der Waals surface area contributed by atoms with E-state index in [4.69, 9.17) is 21.6 Å². The van der Waals surface area contributed by atoms with E-state index in [1.54, 1.807) is 37.3 Å². The number of alkyl halides is 1. The van der Waals surface area contributed by atoms with Gasteiger partial charge in [0.1, 0.15) is 0 Å². The van der Waals surface area contributed by atoms with E-state index in [1.165, 1.54) is 0 Å². The van der Waals surface area contributed by atoms with Crippen molar-refractivity contribution in [3.63, 3.8) is 0 Å². The van der Waals surface area contributed by atoms with Gasteiger partial charge in [-0.25, -0.2) is 4.79 Å². The van der Waals surface area contributed by atoms with Crippen LogP contribution in [0.2, 0.25) is 0 Å². The fourth-order valence-corrected chi connectivity index (χ4v) is 1.42. The van der Waals surface area contributed by atoms with Gasteiger partial charge in [-0.3, -0.25) is 0 Å². The number of hydrogen-bond acceptors (Lipinski definition) is 3. The van der Waals surface area contributed by atoms with Crippen molar-refractivity contribution < 1.29 is 9.53 Å². The second-order valence-corrected chi connectivity index (χ2v) is 3.52. The summed E-state index contributed by atoms with van der Waals surface area (Å²) in [4.78, 5) is 11.5. The summed E-state index contributed by atoms with van der Waals surface area (Å²) in [6.07, 6.45) is 1.66. The number of nitriles is 1. The van der Waals surface area contributed by atoms with Crippen LogP contribution in [0.5, 0.6) is 0 Å². The average molecular weight is 250 g/mol. The van der Waals surface area contributed by atoms with Gasteiger partial charge in [0.15, 0.2) is 0 Å². The highest BCUT2D eigenvalue weighted by molar-refractivity contribution is 6.23. The van der Waals surface area contributed by atoms with Crippen LogP contribution in [0.25, 0.3) is 6.08 Å². The van der Waals surface area contributed by atoms with Crippen molar-refractivity contribution >= 4 is 23.6 Å². The molecule has 0 saturated carbocycles. The van der Waals surface area contributed by atoms with E-state index < -0.39 is 5.97 Å². The predicted octanol–water partition coefficient (Wildman–Crippen LogP) is 2.74. The van der Waals surface area contributed by atoms with Gasteiger partial charge in [0.25, 0.3) is 0 Å². The monoisotopic (exact) mass is 249 g/mol. The van der Waals surface area contributed by atoms with Crippen LogP contribution < -0.4 is 0 Å². The van der Waals surface area contributed by atoms with E-state index in [-0.39, 0.29) is 5.88 Å². The molecule has 0 atom stereocenters. The maximum absolute atomic E-state index is 11.5. The largest absolute Gasteiger partial charge is 0.463 e. The number of benzene rings is 1. The Morgan fingerprint density at radius 2 is 2.12 bits per heavy atom. The van der Waals surface area contributed by atoms with Crippen molar-refractivity contribution in [2.24, 2.45) is 0 Å². The van der Waals surface area contributed by atoms with Gasteiger partial charge in [0.05, 0.1) is 29.7 Å². The molecule has 1 aromatic carbocycles. The van der Waals surface area contributed by atoms with E-state index in [0.717, 1.165) is 5.56 Å². The van der Waals surface area contributed by atoms with Gasteiger partial charge >= 0.3 is 5.97 Å². The minimum absolute atomic E-state index is 0.0961. The molecule has 3 nitrogen and oxygen atoms in total. The van der Waals surface area contributed by atoms with E-state index in [1.807, 2.05) is 6.07 Å². The van der Waals surface area contributed by atoms with Gasteiger partial charge in [0, 0.05) is 0 Å². The first kappa shape index (κ1) is 13.3. The lowest BCUT2D eigenvalue weighted by Gasteiger charge is -2.03. The Labute approximate surface area is 105 Å². The Bertz CT molecular complexity index is 457. The molecule has 88 valence electrons. The third-order valence-electron chi connectivity index (χ3n) is 2.06. The van der Waals surface area contributed by atoms with Crippen LogP contribution in [0.3, 0.4) is 0 Å². The summed E-state index contributed by atoms with van der Waals surface area (Å²) in [5, 5.41) is 8.65. The second-order valence-electron chi connectivity index (χ2n) is 3.26. The Morgan fingerprint density at radius 1 is 1.47 bits per heavy atom. The number of rotatable bonds is 4. The number of hydrogen-bond donors (Lipinski definition) is 0. The normalized spacial score (nSPS) is 10.8. The van der Waals surface area contributed by atoms with Gasteiger partial charge in [-0.2, -0.15) is 5.26 Å². The van der Waals surface area contributed by atoms with Crippen LogP contribution >= 0.6 is 11.6 Å². The maximum atomic E-state index is 11.5. The van der Waals surface area contributed by atoms with Gasteiger partial charge in [0.2, 0.25) is 0 Å². The first-order valence-corrected chi connectivity index (χ1v) is 5.68. The van der Waals surface area contributed by atoms with Crippen molar-refractivity contribution in [1.29, 1.82) is 5.26 Å². The number of halogens is 1. The van der Waals surface area contributed by atoms with E-state index >= 15 is 0 Å². The lowest BCUT2D eigenvalue weighted by molar-refractivity contribution is -0.138. The van der Waals surface area contributed by atoms with Crippen molar-refractivity contribution in [2.45, 2.75) is 6.92 Å². The molecule has 0 fully saturated rings. The van der Waals surface area contributed by atoms with E-state index in [9.17, 15) is 4.79 Å². The van der Waals surface area contributed by atoms with Crippen molar-refractivity contribution in [2.75, 3.05) is 12.5 Å². The van der Waals surface area contributed by atoms with Crippen LogP contribution in [0.4, 0.5) is 0 Å². The fraction of sp³-hybridized carbons (Fsp3) is 0.231. The molecule has 0 bridgehead atoms. The lowest BCUT2D eigenvalue weighted by Crippen LogP contribution is -2.08. The number of esters is 1. The molecule has 0 aliphatic rings. The molecule has 17 heavy (non-hydrogen) atoms. The maximum Gasteiger partial charge on any atom is 0.335 e. The summed E-state index contributed by atoms with van der Waals surface area (Å²) >= 11 is 5.69. The zero-order valence-corrected chi connectivity index (χ0v) is 10.2. The van der Waals surface area contributed by atoms with Crippen molar-refractivity contribution in [1.82, 2.24) is 0 Å². The molecule has 0 radical (unpaired) electrons. The summed E-state index contributed by atoms with van der Waals surface area (Å²) in [5.74, 6) is -0.314. The van der Waals surface area contributed by atoms with Crippen LogP contribution in [-0.4, -0.2) is 18.5 Å². The molecule has 0 N–H and O–H groups in total. The van der Waals surface area contributed by atoms with Crippen LogP contribution in [-0.2, 0) is 9.53 Å². The number of ether oxygens (including phenoxy) is 1. The summed E-state index contributed by atoms with van der Waals surface area (Å²) in [6, 6.07) is 8.90. The van der Waals surface area contributed by atoms with Gasteiger partial charge in [-0.1, -0.05) is 12.1 Å². The van der Waals surface area contributed by atoms with Crippen molar-refractivity contribution in [3.8, 4) is 6.07 Å². The molecule has 1 aromatic rings. The highest BCUT2D eigenvalue weighted by Gasteiger charge is 2.08. The molecule has 0 unspecified atom stereocenters. The lowest BCUT2D eigenvalue weighted by atomic mass is 10.1. The fourth-order valence-electron chi connectivity index (χ4n) is 1.23. The molecule has 1 rings (SSSR count). The van der Waals surface area contributed by atoms with Gasteiger partial charge < -0.3 is 4.74 Å². The SMILES string of the molecule is CCOC(=O)/C(=C/c1ccc(C#N)cc1)CCl. The first-order valence-electron chi connectivity index (χ1n) is 5.15. The third-order valence-corrected chi connectivity index (χ3v) is 2.35. The van der Waals surface area contributed by atoms with Crippen molar-refractivity contribution in [3.05, 3.63) is 41.0 Å². The van der Waals surface area contributed by atoms with Crippen LogP contribution in [0.1, 0.15) is 18.1 Å². The highest BCUT2D eigenvalue weighted by atomic mass is 35.5. The summed E-state index contributed by atoms with van der Waals surface area (Å²) in [7, 11) is 0. The molecule has 0 saturated heterocycles. The topological polar surface area (TPSA) is 50.1 Å². The number of nitrogens with zero attached hydrogens (tertiary/aromatic N) is 1. The predicted molar refractivity (Wildman–Crippen MR) is 66.5 cm³/mol. The van der Waals surface area contributed by atoms with Crippen LogP contribution in [0, 0.1) is 11.3 Å². The molecule has 4 heteroatoms. The summed E-state index contributed by atoms with van der Waals surface area (Å²) < 4.78 is 4.87. The average Bonchev–Trinajstić information content (AvgIpc) is 2.37. The Morgan fingerprint density at radius 3 is 2.59 bits per heavy atom. The smallest absolute Gasteiger partial charge is 0.335 e. The zero-order valence-electron chi connectivity index (χ0n) is 9.44. The molecule has 0 aromatic heterocycles. The van der Waals surface area contributed by atoms with Gasteiger partial charge in [-0.05, 0) is 30.7 Å². The zero-order chi connectivity index (χ0) is 12.7.